The maximum absolute atomic E-state index is 13.3. The number of likely N-dealkylation sites (N-methyl/N-ethyl adjacent to an activating group) is 1. The summed E-state index contributed by atoms with van der Waals surface area (Å²) in [4.78, 5) is 37.4. The number of carbonyl (C=O) groups is 1. The van der Waals surface area contributed by atoms with Crippen LogP contribution in [0, 0.1) is 0 Å². The van der Waals surface area contributed by atoms with E-state index < -0.39 is 13.9 Å². The summed E-state index contributed by atoms with van der Waals surface area (Å²) in [6, 6.07) is 3.32. The summed E-state index contributed by atoms with van der Waals surface area (Å²) in [5.41, 5.74) is 0.603. The van der Waals surface area contributed by atoms with Gasteiger partial charge in [0.1, 0.15) is 10.7 Å². The van der Waals surface area contributed by atoms with Gasteiger partial charge in [-0.25, -0.2) is 9.97 Å². The van der Waals surface area contributed by atoms with Gasteiger partial charge >= 0.3 is 0 Å². The van der Waals surface area contributed by atoms with E-state index in [1.54, 1.807) is 18.3 Å². The molecule has 0 saturated carbocycles. The number of carbonyl (C=O) groups excluding carboxylic acids is 1. The largest absolute Gasteiger partial charge is 0.478 e. The number of halogens is 2. The molecule has 0 spiro atoms. The number of pyridine rings is 2. The summed E-state index contributed by atoms with van der Waals surface area (Å²) < 4.78 is 13.3. The average Bonchev–Trinajstić information content (AvgIpc) is 2.80. The van der Waals surface area contributed by atoms with Crippen molar-refractivity contribution in [3.05, 3.63) is 45.2 Å². The first-order valence-electron chi connectivity index (χ1n) is 11.3. The highest BCUT2D eigenvalue weighted by Crippen LogP contribution is 2.36. The van der Waals surface area contributed by atoms with Crippen LogP contribution < -0.4 is 20.9 Å². The van der Waals surface area contributed by atoms with E-state index >= 15 is 0 Å². The number of aromatic nitrogens is 4. The molecule has 10 nitrogen and oxygen atoms in total. The maximum atomic E-state index is 13.3. The Morgan fingerprint density at radius 1 is 1.17 bits per heavy atom. The molecule has 3 aromatic rings. The second-order valence-corrected chi connectivity index (χ2v) is 15.2. The minimum absolute atomic E-state index is 0.0282. The number of amides is 1. The Balaban J connectivity index is 1.99. The number of hydrogen-bond acceptors (Lipinski definition) is 8. The number of anilines is 2. The van der Waals surface area contributed by atoms with Crippen molar-refractivity contribution in [1.29, 1.82) is 0 Å². The molecule has 1 amide bonds. The Labute approximate surface area is 220 Å². The third kappa shape index (κ3) is 6.52. The quantitative estimate of drug-likeness (QED) is 0.296. The highest BCUT2D eigenvalue weighted by Gasteiger charge is 2.37. The van der Waals surface area contributed by atoms with Gasteiger partial charge in [-0.1, -0.05) is 32.4 Å². The third-order valence-corrected chi connectivity index (χ3v) is 11.1. The third-order valence-electron chi connectivity index (χ3n) is 6.09. The zero-order chi connectivity index (χ0) is 26.7. The van der Waals surface area contributed by atoms with Gasteiger partial charge in [0, 0.05) is 19.0 Å². The lowest BCUT2D eigenvalue weighted by atomic mass is 10.2. The van der Waals surface area contributed by atoms with Gasteiger partial charge in [0.2, 0.25) is 5.28 Å². The molecule has 0 aliphatic heterocycles. The first-order chi connectivity index (χ1) is 16.8. The highest BCUT2D eigenvalue weighted by atomic mass is 35.5. The molecule has 0 aromatic carbocycles. The van der Waals surface area contributed by atoms with Crippen LogP contribution in [0.25, 0.3) is 11.0 Å². The van der Waals surface area contributed by atoms with Crippen molar-refractivity contribution in [1.82, 2.24) is 24.8 Å². The second-order valence-electron chi connectivity index (χ2n) is 9.63. The van der Waals surface area contributed by atoms with Crippen molar-refractivity contribution < 1.29 is 14.0 Å². The monoisotopic (exact) mass is 552 g/mol. The van der Waals surface area contributed by atoms with E-state index in [0.717, 1.165) is 0 Å². The molecule has 194 valence electrons. The molecule has 0 aliphatic rings. The van der Waals surface area contributed by atoms with Crippen molar-refractivity contribution >= 4 is 60.0 Å². The van der Waals surface area contributed by atoms with E-state index in [1.807, 2.05) is 0 Å². The number of nitrogens with one attached hydrogen (secondary N) is 2. The molecule has 0 unspecified atom stereocenters. The maximum Gasteiger partial charge on any atom is 0.294 e. The van der Waals surface area contributed by atoms with E-state index in [-0.39, 0.29) is 40.2 Å². The molecule has 0 aliphatic carbocycles. The molecule has 0 bridgehead atoms. The van der Waals surface area contributed by atoms with Crippen LogP contribution in [0.2, 0.25) is 28.4 Å². The lowest BCUT2D eigenvalue weighted by Crippen LogP contribution is -2.42. The van der Waals surface area contributed by atoms with Gasteiger partial charge in [0.15, 0.2) is 26.5 Å². The summed E-state index contributed by atoms with van der Waals surface area (Å²) >= 11 is 12.1. The van der Waals surface area contributed by atoms with Crippen LogP contribution in [0.4, 0.5) is 11.5 Å². The molecule has 13 heteroatoms. The van der Waals surface area contributed by atoms with Crippen LogP contribution in [0.1, 0.15) is 20.8 Å². The predicted octanol–water partition coefficient (Wildman–Crippen LogP) is 4.38. The van der Waals surface area contributed by atoms with Crippen LogP contribution in [-0.4, -0.2) is 54.0 Å². The Morgan fingerprint density at radius 3 is 2.56 bits per heavy atom. The lowest BCUT2D eigenvalue weighted by Gasteiger charge is -2.36. The fraction of sp³-hybridized carbons (Fsp3) is 0.435. The molecule has 0 fully saturated rings. The zero-order valence-electron chi connectivity index (χ0n) is 21.1. The molecule has 36 heavy (non-hydrogen) atoms. The van der Waals surface area contributed by atoms with E-state index in [0.29, 0.717) is 29.1 Å². The Morgan fingerprint density at radius 2 is 1.89 bits per heavy atom. The van der Waals surface area contributed by atoms with E-state index in [2.05, 4.69) is 59.5 Å². The van der Waals surface area contributed by atoms with Gasteiger partial charge in [-0.15, -0.1) is 0 Å². The molecule has 3 heterocycles. The summed E-state index contributed by atoms with van der Waals surface area (Å²) in [6.45, 7) is 11.1. The van der Waals surface area contributed by atoms with Crippen molar-refractivity contribution in [2.75, 3.05) is 25.6 Å². The van der Waals surface area contributed by atoms with Gasteiger partial charge in [-0.2, -0.15) is 4.98 Å². The molecule has 0 saturated heterocycles. The fourth-order valence-electron chi connectivity index (χ4n) is 3.01. The highest BCUT2D eigenvalue weighted by molar-refractivity contribution is 6.74. The van der Waals surface area contributed by atoms with Crippen molar-refractivity contribution in [2.24, 2.45) is 0 Å². The number of fused-ring (bicyclic) bond motifs is 1. The summed E-state index contributed by atoms with van der Waals surface area (Å²) in [7, 11) is -0.525. The zero-order valence-corrected chi connectivity index (χ0v) is 23.6. The van der Waals surface area contributed by atoms with E-state index in [1.165, 1.54) is 17.8 Å². The van der Waals surface area contributed by atoms with Gasteiger partial charge in [0.05, 0.1) is 24.7 Å². The van der Waals surface area contributed by atoms with Crippen LogP contribution in [0.3, 0.4) is 0 Å². The molecule has 0 atom stereocenters. The van der Waals surface area contributed by atoms with Crippen molar-refractivity contribution in [3.63, 3.8) is 0 Å². The summed E-state index contributed by atoms with van der Waals surface area (Å²) in [5, 5.41) is 6.48. The molecule has 3 aromatic heterocycles. The Kier molecular flexibility index (Phi) is 8.60. The van der Waals surface area contributed by atoms with Crippen LogP contribution in [0.15, 0.2) is 29.3 Å². The molecule has 2 N–H and O–H groups in total. The standard InChI is InChI=1S/C23H30Cl2N6O4Si/c1-23(2,3)36(5,6)35-8-7-31-20-14(10-17(21(31)33)34-13-18(32)26-4)9-15(11-27-20)29-19-16(24)12-28-22(25)30-19/h9-12H,7-8,13H2,1-6H3,(H,26,32)(H,28,29,30). The minimum Gasteiger partial charge on any atom is -0.478 e. The minimum atomic E-state index is -2.02. The van der Waals surface area contributed by atoms with Crippen molar-refractivity contribution in [3.8, 4) is 5.75 Å². The number of ether oxygens (including phenoxy) is 1. The molecular weight excluding hydrogens is 523 g/mol. The van der Waals surface area contributed by atoms with Crippen LogP contribution in [0.5, 0.6) is 5.75 Å². The van der Waals surface area contributed by atoms with E-state index in [9.17, 15) is 9.59 Å². The van der Waals surface area contributed by atoms with Crippen LogP contribution >= 0.6 is 23.2 Å². The normalized spacial score (nSPS) is 12.0. The first kappa shape index (κ1) is 27.8. The Hall–Kier alpha value is -2.73. The fourth-order valence-corrected chi connectivity index (χ4v) is 4.32. The average molecular weight is 554 g/mol. The van der Waals surface area contributed by atoms with Crippen LogP contribution in [-0.2, 0) is 15.8 Å². The molecular formula is C23H30Cl2N6O4Si. The Bertz CT molecular complexity index is 1330. The lowest BCUT2D eigenvalue weighted by molar-refractivity contribution is -0.122. The number of nitrogens with zero attached hydrogens (tertiary/aromatic N) is 4. The SMILES string of the molecule is CNC(=O)COc1cc2cc(Nc3nc(Cl)ncc3Cl)cnc2n(CCO[Si](C)(C)C(C)(C)C)c1=O. The van der Waals surface area contributed by atoms with Gasteiger partial charge in [-0.3, -0.25) is 14.2 Å². The topological polar surface area (TPSA) is 120 Å². The number of rotatable bonds is 9. The van der Waals surface area contributed by atoms with Gasteiger partial charge in [0.25, 0.3) is 11.5 Å². The predicted molar refractivity (Wildman–Crippen MR) is 144 cm³/mol. The van der Waals surface area contributed by atoms with Gasteiger partial charge < -0.3 is 19.8 Å². The molecule has 0 radical (unpaired) electrons. The molecule has 3 rings (SSSR count). The summed E-state index contributed by atoms with van der Waals surface area (Å²) in [5.74, 6) is -0.0170. The first-order valence-corrected chi connectivity index (χ1v) is 14.9. The smallest absolute Gasteiger partial charge is 0.294 e. The number of hydrogen-bond donors (Lipinski definition) is 2. The van der Waals surface area contributed by atoms with Gasteiger partial charge in [-0.05, 0) is 41.9 Å². The van der Waals surface area contributed by atoms with E-state index in [4.69, 9.17) is 32.4 Å². The van der Waals surface area contributed by atoms with Crippen molar-refractivity contribution in [2.45, 2.75) is 45.4 Å². The second kappa shape index (κ2) is 11.1. The summed E-state index contributed by atoms with van der Waals surface area (Å²) in [6.07, 6.45) is 2.95.